The first-order chi connectivity index (χ1) is 16.5. The summed E-state index contributed by atoms with van der Waals surface area (Å²) in [5.41, 5.74) is 4.10. The van der Waals surface area contributed by atoms with E-state index in [0.717, 1.165) is 22.2 Å². The van der Waals surface area contributed by atoms with Crippen LogP contribution in [0.15, 0.2) is 69.6 Å². The van der Waals surface area contributed by atoms with Gasteiger partial charge in [-0.15, -0.1) is 10.2 Å². The molecule has 0 bridgehead atoms. The Kier molecular flexibility index (Phi) is 5.63. The average Bonchev–Trinajstić information content (AvgIpc) is 3.48. The molecule has 0 atom stereocenters. The minimum Gasteiger partial charge on any atom is -0.452 e. The van der Waals surface area contributed by atoms with Crippen LogP contribution in [0.2, 0.25) is 0 Å². The van der Waals surface area contributed by atoms with Gasteiger partial charge >= 0.3 is 5.97 Å². The summed E-state index contributed by atoms with van der Waals surface area (Å²) in [6, 6.07) is 18.9. The molecule has 3 aromatic heterocycles. The van der Waals surface area contributed by atoms with E-state index in [-0.39, 0.29) is 24.3 Å². The number of ether oxygens (including phenoxy) is 1. The largest absolute Gasteiger partial charge is 0.452 e. The zero-order chi connectivity index (χ0) is 23.7. The van der Waals surface area contributed by atoms with Crippen LogP contribution in [-0.2, 0) is 11.3 Å². The van der Waals surface area contributed by atoms with E-state index in [1.54, 1.807) is 13.0 Å². The van der Waals surface area contributed by atoms with Crippen LogP contribution in [0.5, 0.6) is 0 Å². The summed E-state index contributed by atoms with van der Waals surface area (Å²) in [5, 5.41) is 13.0. The number of carbonyl (C=O) groups excluding carboxylic acids is 1. The molecule has 0 unspecified atom stereocenters. The Balaban J connectivity index is 1.39. The fourth-order valence-electron chi connectivity index (χ4n) is 3.70. The Morgan fingerprint density at radius 2 is 1.79 bits per heavy atom. The molecule has 0 aliphatic rings. The molecule has 8 nitrogen and oxygen atoms in total. The van der Waals surface area contributed by atoms with Crippen LogP contribution in [0.4, 0.5) is 0 Å². The molecule has 0 saturated carbocycles. The number of para-hydroxylation sites is 1. The second-order valence-electron chi connectivity index (χ2n) is 8.17. The van der Waals surface area contributed by atoms with Crippen molar-refractivity contribution in [2.75, 3.05) is 0 Å². The van der Waals surface area contributed by atoms with E-state index in [4.69, 9.17) is 13.7 Å². The van der Waals surface area contributed by atoms with Crippen molar-refractivity contribution in [1.29, 1.82) is 0 Å². The lowest BCUT2D eigenvalue weighted by molar-refractivity contribution is 0.0441. The Labute approximate surface area is 195 Å². The number of carbonyl (C=O) groups is 1. The third-order valence-electron chi connectivity index (χ3n) is 5.46. The standard InChI is InChI=1S/C26H22N4O4/c1-15(2)21-13-19(18-11-7-8-12-20(18)27-21)26(31)32-14-22-28-29-25(33-22)23-16(3)34-30-24(23)17-9-5-4-6-10-17/h4-13,15H,14H2,1-3H3. The van der Waals surface area contributed by atoms with Gasteiger partial charge in [-0.25, -0.2) is 4.79 Å². The van der Waals surface area contributed by atoms with Crippen molar-refractivity contribution < 1.29 is 18.5 Å². The smallest absolute Gasteiger partial charge is 0.339 e. The molecule has 0 fully saturated rings. The zero-order valence-electron chi connectivity index (χ0n) is 19.0. The molecule has 3 heterocycles. The van der Waals surface area contributed by atoms with Crippen molar-refractivity contribution in [3.05, 3.63) is 83.6 Å². The Morgan fingerprint density at radius 3 is 2.59 bits per heavy atom. The number of hydrogen-bond donors (Lipinski definition) is 0. The lowest BCUT2D eigenvalue weighted by Gasteiger charge is -2.11. The molecule has 34 heavy (non-hydrogen) atoms. The van der Waals surface area contributed by atoms with Crippen molar-refractivity contribution >= 4 is 16.9 Å². The minimum atomic E-state index is -0.480. The van der Waals surface area contributed by atoms with Gasteiger partial charge in [-0.05, 0) is 25.0 Å². The van der Waals surface area contributed by atoms with Gasteiger partial charge < -0.3 is 13.7 Å². The molecule has 0 amide bonds. The average molecular weight is 454 g/mol. The molecule has 0 N–H and O–H groups in total. The predicted molar refractivity (Wildman–Crippen MR) is 125 cm³/mol. The fourth-order valence-corrected chi connectivity index (χ4v) is 3.70. The quantitative estimate of drug-likeness (QED) is 0.300. The van der Waals surface area contributed by atoms with E-state index in [2.05, 4.69) is 20.3 Å². The molecule has 0 aliphatic carbocycles. The van der Waals surface area contributed by atoms with Crippen LogP contribution in [0.1, 0.15) is 47.5 Å². The van der Waals surface area contributed by atoms with Gasteiger partial charge in [-0.2, -0.15) is 0 Å². The second kappa shape index (κ2) is 8.90. The third-order valence-corrected chi connectivity index (χ3v) is 5.46. The van der Waals surface area contributed by atoms with Gasteiger partial charge in [0.1, 0.15) is 17.0 Å². The van der Waals surface area contributed by atoms with E-state index in [1.807, 2.05) is 68.4 Å². The second-order valence-corrected chi connectivity index (χ2v) is 8.17. The molecule has 2 aromatic carbocycles. The SMILES string of the molecule is Cc1onc(-c2ccccc2)c1-c1nnc(COC(=O)c2cc(C(C)C)nc3ccccc23)o1. The topological polar surface area (TPSA) is 104 Å². The Hall–Kier alpha value is -4.33. The normalized spacial score (nSPS) is 11.3. The maximum absolute atomic E-state index is 13.0. The predicted octanol–water partition coefficient (Wildman–Crippen LogP) is 5.73. The molecule has 5 aromatic rings. The van der Waals surface area contributed by atoms with E-state index < -0.39 is 5.97 Å². The minimum absolute atomic E-state index is 0.162. The maximum Gasteiger partial charge on any atom is 0.339 e. The van der Waals surface area contributed by atoms with E-state index in [1.165, 1.54) is 0 Å². The van der Waals surface area contributed by atoms with Crippen LogP contribution in [0.3, 0.4) is 0 Å². The Morgan fingerprint density at radius 1 is 1.03 bits per heavy atom. The molecular weight excluding hydrogens is 432 g/mol. The third kappa shape index (κ3) is 4.05. The summed E-state index contributed by atoms with van der Waals surface area (Å²) in [6.45, 7) is 5.68. The highest BCUT2D eigenvalue weighted by molar-refractivity contribution is 6.03. The van der Waals surface area contributed by atoms with Gasteiger partial charge in [0.25, 0.3) is 11.8 Å². The molecular formula is C26H22N4O4. The lowest BCUT2D eigenvalue weighted by Crippen LogP contribution is -2.08. The number of benzene rings is 2. The summed E-state index contributed by atoms with van der Waals surface area (Å²) >= 11 is 0. The molecule has 170 valence electrons. The molecule has 8 heteroatoms. The van der Waals surface area contributed by atoms with Crippen LogP contribution in [0, 0.1) is 6.92 Å². The highest BCUT2D eigenvalue weighted by atomic mass is 16.5. The van der Waals surface area contributed by atoms with E-state index >= 15 is 0 Å². The number of esters is 1. The van der Waals surface area contributed by atoms with Crippen LogP contribution >= 0.6 is 0 Å². The number of rotatable bonds is 6. The van der Waals surface area contributed by atoms with E-state index in [9.17, 15) is 4.79 Å². The van der Waals surface area contributed by atoms with Crippen LogP contribution in [0.25, 0.3) is 33.6 Å². The van der Waals surface area contributed by atoms with Gasteiger partial charge in [0.2, 0.25) is 0 Å². The van der Waals surface area contributed by atoms with E-state index in [0.29, 0.717) is 22.6 Å². The van der Waals surface area contributed by atoms with Gasteiger partial charge in [0.05, 0.1) is 11.1 Å². The van der Waals surface area contributed by atoms with Gasteiger partial charge in [-0.3, -0.25) is 4.98 Å². The number of aryl methyl sites for hydroxylation is 1. The summed E-state index contributed by atoms with van der Waals surface area (Å²) in [7, 11) is 0. The summed E-state index contributed by atoms with van der Waals surface area (Å²) in [4.78, 5) is 17.6. The highest BCUT2D eigenvalue weighted by Gasteiger charge is 2.23. The van der Waals surface area contributed by atoms with Gasteiger partial charge in [0.15, 0.2) is 6.61 Å². The van der Waals surface area contributed by atoms with Crippen molar-refractivity contribution in [3.8, 4) is 22.7 Å². The summed E-state index contributed by atoms with van der Waals surface area (Å²) in [5.74, 6) is 0.660. The first-order valence-electron chi connectivity index (χ1n) is 10.9. The molecule has 0 aliphatic heterocycles. The number of pyridine rings is 1. The first kappa shape index (κ1) is 21.5. The maximum atomic E-state index is 13.0. The number of nitrogens with zero attached hydrogens (tertiary/aromatic N) is 4. The van der Waals surface area contributed by atoms with Crippen molar-refractivity contribution in [2.24, 2.45) is 0 Å². The zero-order valence-corrected chi connectivity index (χ0v) is 19.0. The first-order valence-corrected chi connectivity index (χ1v) is 10.9. The number of hydrogen-bond acceptors (Lipinski definition) is 8. The fraction of sp³-hybridized carbons (Fsp3) is 0.192. The number of aromatic nitrogens is 4. The van der Waals surface area contributed by atoms with Crippen LogP contribution in [-0.4, -0.2) is 26.3 Å². The van der Waals surface area contributed by atoms with Crippen molar-refractivity contribution in [3.63, 3.8) is 0 Å². The lowest BCUT2D eigenvalue weighted by atomic mass is 10.0. The summed E-state index contributed by atoms with van der Waals surface area (Å²) < 4.78 is 16.7. The molecule has 0 radical (unpaired) electrons. The van der Waals surface area contributed by atoms with Crippen LogP contribution < -0.4 is 0 Å². The number of fused-ring (bicyclic) bond motifs is 1. The molecule has 5 rings (SSSR count). The van der Waals surface area contributed by atoms with Crippen molar-refractivity contribution in [2.45, 2.75) is 33.3 Å². The van der Waals surface area contributed by atoms with Crippen molar-refractivity contribution in [1.82, 2.24) is 20.3 Å². The van der Waals surface area contributed by atoms with Gasteiger partial charge in [0, 0.05) is 16.6 Å². The van der Waals surface area contributed by atoms with Gasteiger partial charge in [-0.1, -0.05) is 67.5 Å². The Bertz CT molecular complexity index is 1470. The summed E-state index contributed by atoms with van der Waals surface area (Å²) in [6.07, 6.45) is 0. The highest BCUT2D eigenvalue weighted by Crippen LogP contribution is 2.33. The molecule has 0 spiro atoms. The molecule has 0 saturated heterocycles. The monoisotopic (exact) mass is 454 g/mol.